The van der Waals surface area contributed by atoms with Crippen molar-refractivity contribution >= 4 is 22.6 Å². The van der Waals surface area contributed by atoms with Crippen molar-refractivity contribution in [2.75, 3.05) is 11.9 Å². The van der Waals surface area contributed by atoms with E-state index in [1.807, 2.05) is 20.8 Å². The number of fused-ring (bicyclic) bond motifs is 1. The Kier molecular flexibility index (Phi) is 7.35. The second-order valence-electron chi connectivity index (χ2n) is 8.62. The molecule has 0 aliphatic carbocycles. The Labute approximate surface area is 194 Å². The van der Waals surface area contributed by atoms with E-state index >= 15 is 0 Å². The number of carbonyl (C=O) groups excluding carboxylic acids is 1. The molecule has 3 N–H and O–H groups in total. The second kappa shape index (κ2) is 9.89. The molecule has 0 saturated heterocycles. The van der Waals surface area contributed by atoms with Crippen LogP contribution in [0.4, 0.5) is 18.9 Å². The molecule has 0 radical (unpaired) electrons. The van der Waals surface area contributed by atoms with Crippen LogP contribution in [0.3, 0.4) is 0 Å². The first-order valence-corrected chi connectivity index (χ1v) is 10.9. The van der Waals surface area contributed by atoms with Crippen molar-refractivity contribution in [2.24, 2.45) is 5.73 Å². The Morgan fingerprint density at radius 3 is 2.38 bits per heavy atom. The van der Waals surface area contributed by atoms with Crippen LogP contribution in [0.25, 0.3) is 11.0 Å². The number of aryl methyl sites for hydroxylation is 1. The lowest BCUT2D eigenvalue weighted by Crippen LogP contribution is -2.28. The minimum atomic E-state index is -4.34. The molecule has 1 heterocycles. The molecule has 34 heavy (non-hydrogen) atoms. The van der Waals surface area contributed by atoms with E-state index in [0.717, 1.165) is 5.56 Å². The Hall–Kier alpha value is -3.33. The fourth-order valence-corrected chi connectivity index (χ4v) is 3.46. The minimum absolute atomic E-state index is 0.191. The molecule has 0 unspecified atom stereocenters. The summed E-state index contributed by atoms with van der Waals surface area (Å²) in [6.07, 6.45) is -4.35. The van der Waals surface area contributed by atoms with E-state index in [1.165, 1.54) is 12.1 Å². The van der Waals surface area contributed by atoms with E-state index in [4.69, 9.17) is 14.9 Å². The third kappa shape index (κ3) is 6.17. The van der Waals surface area contributed by atoms with Crippen LogP contribution in [-0.2, 0) is 12.0 Å². The Balaban J connectivity index is 1.88. The number of rotatable bonds is 8. The van der Waals surface area contributed by atoms with E-state index in [0.29, 0.717) is 29.5 Å². The van der Waals surface area contributed by atoms with Gasteiger partial charge in [0.25, 0.3) is 5.91 Å². The second-order valence-corrected chi connectivity index (χ2v) is 8.62. The standard InChI is InChI=1S/C25H27F3N2O4/c1-4-5-18-20(33-13-12-25(26,27)28)11-6-15-14-19(23(32)34-21(15)18)22(31)30-17-9-7-16(8-10-17)24(2,3)29/h6-11,14H,4-5,12-13,29H2,1-3H3,(H,30,31). The highest BCUT2D eigenvalue weighted by Crippen LogP contribution is 2.30. The van der Waals surface area contributed by atoms with E-state index in [2.05, 4.69) is 5.32 Å². The average Bonchev–Trinajstić information content (AvgIpc) is 2.74. The van der Waals surface area contributed by atoms with Crippen molar-refractivity contribution in [1.29, 1.82) is 0 Å². The molecule has 0 saturated carbocycles. The van der Waals surface area contributed by atoms with Crippen LogP contribution in [0.5, 0.6) is 5.75 Å². The van der Waals surface area contributed by atoms with Crippen molar-refractivity contribution in [3.8, 4) is 5.75 Å². The van der Waals surface area contributed by atoms with Gasteiger partial charge >= 0.3 is 11.8 Å². The number of alkyl halides is 3. The van der Waals surface area contributed by atoms with Crippen LogP contribution in [-0.4, -0.2) is 18.7 Å². The third-order valence-electron chi connectivity index (χ3n) is 5.24. The Bertz CT molecular complexity index is 1230. The summed E-state index contributed by atoms with van der Waals surface area (Å²) in [7, 11) is 0. The highest BCUT2D eigenvalue weighted by Gasteiger charge is 2.27. The first-order valence-electron chi connectivity index (χ1n) is 10.9. The molecule has 0 fully saturated rings. The highest BCUT2D eigenvalue weighted by atomic mass is 19.4. The zero-order valence-electron chi connectivity index (χ0n) is 19.2. The van der Waals surface area contributed by atoms with Crippen LogP contribution in [0.2, 0.25) is 0 Å². The summed E-state index contributed by atoms with van der Waals surface area (Å²) in [6, 6.07) is 11.4. The van der Waals surface area contributed by atoms with Gasteiger partial charge in [0.1, 0.15) is 16.9 Å². The van der Waals surface area contributed by atoms with Crippen molar-refractivity contribution in [3.05, 3.63) is 69.6 Å². The van der Waals surface area contributed by atoms with Crippen molar-refractivity contribution in [2.45, 2.75) is 51.7 Å². The van der Waals surface area contributed by atoms with Crippen molar-refractivity contribution in [1.82, 2.24) is 0 Å². The topological polar surface area (TPSA) is 94.6 Å². The van der Waals surface area contributed by atoms with Gasteiger partial charge in [-0.2, -0.15) is 13.2 Å². The molecule has 6 nitrogen and oxygen atoms in total. The number of carbonyl (C=O) groups is 1. The number of hydrogen-bond donors (Lipinski definition) is 2. The molecule has 0 bridgehead atoms. The summed E-state index contributed by atoms with van der Waals surface area (Å²) in [5.74, 6) is -0.417. The lowest BCUT2D eigenvalue weighted by Gasteiger charge is -2.19. The zero-order valence-corrected chi connectivity index (χ0v) is 19.2. The fourth-order valence-electron chi connectivity index (χ4n) is 3.46. The summed E-state index contributed by atoms with van der Waals surface area (Å²) >= 11 is 0. The highest BCUT2D eigenvalue weighted by molar-refractivity contribution is 6.05. The zero-order chi connectivity index (χ0) is 25.1. The Morgan fingerprint density at radius 1 is 1.12 bits per heavy atom. The molecule has 0 aliphatic heterocycles. The maximum atomic E-state index is 12.7. The Morgan fingerprint density at radius 2 is 1.79 bits per heavy atom. The lowest BCUT2D eigenvalue weighted by molar-refractivity contribution is -0.139. The van der Waals surface area contributed by atoms with Gasteiger partial charge < -0.3 is 20.2 Å². The smallest absolute Gasteiger partial charge is 0.392 e. The molecule has 1 amide bonds. The van der Waals surface area contributed by atoms with Gasteiger partial charge in [-0.25, -0.2) is 4.79 Å². The quantitative estimate of drug-likeness (QED) is 0.417. The SMILES string of the molecule is CCCc1c(OCCC(F)(F)F)ccc2cc(C(=O)Nc3ccc(C(C)(C)N)cc3)c(=O)oc12. The van der Waals surface area contributed by atoms with Crippen LogP contribution in [0, 0.1) is 0 Å². The minimum Gasteiger partial charge on any atom is -0.493 e. The molecule has 0 spiro atoms. The molecule has 1 aromatic heterocycles. The lowest BCUT2D eigenvalue weighted by atomic mass is 9.95. The van der Waals surface area contributed by atoms with Gasteiger partial charge in [-0.15, -0.1) is 0 Å². The van der Waals surface area contributed by atoms with Gasteiger partial charge in [0.2, 0.25) is 0 Å². The number of halogens is 3. The predicted octanol–water partition coefficient (Wildman–Crippen LogP) is 5.52. The van der Waals surface area contributed by atoms with Crippen LogP contribution >= 0.6 is 0 Å². The summed E-state index contributed by atoms with van der Waals surface area (Å²) in [5.41, 5.74) is 6.54. The molecule has 2 aromatic carbocycles. The van der Waals surface area contributed by atoms with E-state index in [1.54, 1.807) is 30.3 Å². The average molecular weight is 476 g/mol. The number of nitrogens with two attached hydrogens (primary N) is 1. The summed E-state index contributed by atoms with van der Waals surface area (Å²) in [5, 5.41) is 3.13. The van der Waals surface area contributed by atoms with E-state index in [9.17, 15) is 22.8 Å². The van der Waals surface area contributed by atoms with Crippen LogP contribution < -0.4 is 21.4 Å². The van der Waals surface area contributed by atoms with Gasteiger partial charge in [-0.3, -0.25) is 4.79 Å². The number of anilines is 1. The van der Waals surface area contributed by atoms with Gasteiger partial charge in [0, 0.05) is 22.2 Å². The van der Waals surface area contributed by atoms with Crippen molar-refractivity contribution in [3.63, 3.8) is 0 Å². The number of hydrogen-bond acceptors (Lipinski definition) is 5. The summed E-state index contributed by atoms with van der Waals surface area (Å²) in [4.78, 5) is 25.4. The summed E-state index contributed by atoms with van der Waals surface area (Å²) < 4.78 is 48.2. The molecule has 3 aromatic rings. The molecular weight excluding hydrogens is 449 g/mol. The maximum Gasteiger partial charge on any atom is 0.392 e. The maximum absolute atomic E-state index is 12.7. The van der Waals surface area contributed by atoms with Crippen molar-refractivity contribution < 1.29 is 27.1 Å². The fraction of sp³-hybridized carbons (Fsp3) is 0.360. The monoisotopic (exact) mass is 476 g/mol. The molecular formula is C25H27F3N2O4. The third-order valence-corrected chi connectivity index (χ3v) is 5.24. The first-order chi connectivity index (χ1) is 15.9. The van der Waals surface area contributed by atoms with E-state index in [-0.39, 0.29) is 16.9 Å². The predicted molar refractivity (Wildman–Crippen MR) is 124 cm³/mol. The van der Waals surface area contributed by atoms with Gasteiger partial charge in [-0.1, -0.05) is 25.5 Å². The first kappa shape index (κ1) is 25.3. The van der Waals surface area contributed by atoms with E-state index < -0.39 is 36.3 Å². The normalized spacial score (nSPS) is 12.1. The van der Waals surface area contributed by atoms with Gasteiger partial charge in [0.15, 0.2) is 0 Å². The number of nitrogens with one attached hydrogen (secondary N) is 1. The number of amides is 1. The number of benzene rings is 2. The molecule has 9 heteroatoms. The molecule has 0 atom stereocenters. The largest absolute Gasteiger partial charge is 0.493 e. The van der Waals surface area contributed by atoms with Gasteiger partial charge in [0.05, 0.1) is 13.0 Å². The molecule has 0 aliphatic rings. The number of ether oxygens (including phenoxy) is 1. The van der Waals surface area contributed by atoms with Crippen LogP contribution in [0.1, 0.15) is 55.1 Å². The summed E-state index contributed by atoms with van der Waals surface area (Å²) in [6.45, 7) is 5.06. The molecule has 3 rings (SSSR count). The molecule has 182 valence electrons. The van der Waals surface area contributed by atoms with Gasteiger partial charge in [-0.05, 0) is 56.2 Å². The van der Waals surface area contributed by atoms with Crippen LogP contribution in [0.15, 0.2) is 51.7 Å².